The molecule has 0 aliphatic carbocycles. The Morgan fingerprint density at radius 3 is 2.43 bits per heavy atom. The van der Waals surface area contributed by atoms with E-state index in [2.05, 4.69) is 17.3 Å². The molecule has 2 fully saturated rings. The van der Waals surface area contributed by atoms with Crippen molar-refractivity contribution in [1.29, 1.82) is 0 Å². The molecule has 2 aliphatic rings. The monoisotopic (exact) mass is 297 g/mol. The number of β-lactam (4-membered cyclic amide) rings is 1. The number of hydrogen-bond acceptors (Lipinski definition) is 4. The Bertz CT molecular complexity index is 405. The van der Waals surface area contributed by atoms with E-state index in [0.29, 0.717) is 0 Å². The molecule has 0 unspecified atom stereocenters. The van der Waals surface area contributed by atoms with E-state index < -0.39 is 12.0 Å². The predicted octanol–water partition coefficient (Wildman–Crippen LogP) is -0.329. The minimum absolute atomic E-state index is 0.0557. The summed E-state index contributed by atoms with van der Waals surface area (Å²) in [6.45, 7) is 5.46. The average Bonchev–Trinajstić information content (AvgIpc) is 2.42. The van der Waals surface area contributed by atoms with Crippen molar-refractivity contribution in [2.45, 2.75) is 44.9 Å². The van der Waals surface area contributed by atoms with Crippen LogP contribution in [-0.2, 0) is 9.59 Å². The van der Waals surface area contributed by atoms with Crippen LogP contribution in [0, 0.1) is 11.8 Å². The zero-order chi connectivity index (χ0) is 15.7. The van der Waals surface area contributed by atoms with Gasteiger partial charge in [0.05, 0.1) is 24.0 Å². The number of carbonyl (C=O) groups excluding carboxylic acids is 2. The van der Waals surface area contributed by atoms with Crippen LogP contribution < -0.4 is 5.32 Å². The molecule has 0 aromatic carbocycles. The first kappa shape index (κ1) is 16.2. The van der Waals surface area contributed by atoms with E-state index in [1.165, 1.54) is 0 Å². The third-order valence-corrected chi connectivity index (χ3v) is 5.03. The maximum atomic E-state index is 12.6. The summed E-state index contributed by atoms with van der Waals surface area (Å²) in [5.74, 6) is -0.862. The third kappa shape index (κ3) is 3.21. The molecule has 0 saturated carbocycles. The molecular formula is C15H27N3O3. The maximum absolute atomic E-state index is 12.6. The van der Waals surface area contributed by atoms with Gasteiger partial charge in [0.2, 0.25) is 11.8 Å². The summed E-state index contributed by atoms with van der Waals surface area (Å²) in [7, 11) is 3.95. The van der Waals surface area contributed by atoms with Crippen LogP contribution in [0.25, 0.3) is 0 Å². The first-order valence-corrected chi connectivity index (χ1v) is 7.76. The van der Waals surface area contributed by atoms with Gasteiger partial charge in [0.15, 0.2) is 0 Å². The van der Waals surface area contributed by atoms with Crippen molar-refractivity contribution in [3.05, 3.63) is 0 Å². The Morgan fingerprint density at radius 1 is 1.38 bits per heavy atom. The van der Waals surface area contributed by atoms with Crippen LogP contribution in [0.1, 0.15) is 26.7 Å². The molecule has 2 saturated heterocycles. The molecule has 2 rings (SSSR count). The lowest BCUT2D eigenvalue weighted by Gasteiger charge is -2.43. The van der Waals surface area contributed by atoms with Gasteiger partial charge in [-0.2, -0.15) is 0 Å². The fourth-order valence-corrected chi connectivity index (χ4v) is 3.41. The van der Waals surface area contributed by atoms with E-state index in [4.69, 9.17) is 0 Å². The zero-order valence-electron chi connectivity index (χ0n) is 13.4. The van der Waals surface area contributed by atoms with Crippen LogP contribution >= 0.6 is 0 Å². The SMILES string of the molecule is C[C@@H](O)[C@H]1C(=O)N[C@@H]1[C@@H](C)C(=O)N(C)C1CCN(C)CC1. The number of rotatable bonds is 4. The molecular weight excluding hydrogens is 270 g/mol. The van der Waals surface area contributed by atoms with Gasteiger partial charge < -0.3 is 20.2 Å². The molecule has 2 aliphatic heterocycles. The Hall–Kier alpha value is -1.14. The molecule has 2 N–H and O–H groups in total. The largest absolute Gasteiger partial charge is 0.393 e. The molecule has 120 valence electrons. The first-order valence-electron chi connectivity index (χ1n) is 7.76. The van der Waals surface area contributed by atoms with Crippen LogP contribution in [0.2, 0.25) is 0 Å². The van der Waals surface area contributed by atoms with Crippen LogP contribution in [0.5, 0.6) is 0 Å². The minimum Gasteiger partial charge on any atom is -0.393 e. The Kier molecular flexibility index (Phi) is 4.88. The van der Waals surface area contributed by atoms with Gasteiger partial charge in [-0.3, -0.25) is 9.59 Å². The number of nitrogens with one attached hydrogen (secondary N) is 1. The van der Waals surface area contributed by atoms with Gasteiger partial charge in [0.25, 0.3) is 0 Å². The molecule has 0 aromatic heterocycles. The molecule has 2 amide bonds. The highest BCUT2D eigenvalue weighted by atomic mass is 16.3. The number of aliphatic hydroxyl groups is 1. The highest BCUT2D eigenvalue weighted by molar-refractivity contribution is 5.90. The zero-order valence-corrected chi connectivity index (χ0v) is 13.4. The second kappa shape index (κ2) is 6.32. The Balaban J connectivity index is 1.94. The van der Waals surface area contributed by atoms with Gasteiger partial charge in [-0.05, 0) is 39.9 Å². The molecule has 0 spiro atoms. The summed E-state index contributed by atoms with van der Waals surface area (Å²) in [6.07, 6.45) is 1.26. The topological polar surface area (TPSA) is 72.9 Å². The Labute approximate surface area is 126 Å². The van der Waals surface area contributed by atoms with E-state index >= 15 is 0 Å². The van der Waals surface area contributed by atoms with Gasteiger partial charge in [-0.1, -0.05) is 6.92 Å². The van der Waals surface area contributed by atoms with Gasteiger partial charge in [-0.25, -0.2) is 0 Å². The molecule has 6 nitrogen and oxygen atoms in total. The summed E-state index contributed by atoms with van der Waals surface area (Å²) in [4.78, 5) is 28.2. The summed E-state index contributed by atoms with van der Waals surface area (Å²) in [5, 5.41) is 12.4. The standard InChI is InChI=1S/C15H27N3O3/c1-9(13-12(10(2)19)14(20)16-13)15(21)18(4)11-5-7-17(3)8-6-11/h9-13,19H,5-8H2,1-4H3,(H,16,20)/t9-,10-,12-,13-/m1/s1. The molecule has 6 heteroatoms. The van der Waals surface area contributed by atoms with Gasteiger partial charge >= 0.3 is 0 Å². The fraction of sp³-hybridized carbons (Fsp3) is 0.867. The Morgan fingerprint density at radius 2 is 1.95 bits per heavy atom. The van der Waals surface area contributed by atoms with Gasteiger partial charge in [0.1, 0.15) is 0 Å². The van der Waals surface area contributed by atoms with E-state index in [-0.39, 0.29) is 29.8 Å². The molecule has 0 bridgehead atoms. The van der Waals surface area contributed by atoms with Crippen molar-refractivity contribution < 1.29 is 14.7 Å². The number of nitrogens with zero attached hydrogens (tertiary/aromatic N) is 2. The van der Waals surface area contributed by atoms with Crippen molar-refractivity contribution in [3.63, 3.8) is 0 Å². The minimum atomic E-state index is -0.715. The van der Waals surface area contributed by atoms with Crippen LogP contribution in [0.15, 0.2) is 0 Å². The van der Waals surface area contributed by atoms with Crippen molar-refractivity contribution in [3.8, 4) is 0 Å². The number of amides is 2. The van der Waals surface area contributed by atoms with Crippen LogP contribution in [-0.4, -0.2) is 72.1 Å². The van der Waals surface area contributed by atoms with Gasteiger partial charge in [0, 0.05) is 13.1 Å². The summed E-state index contributed by atoms with van der Waals surface area (Å²) >= 11 is 0. The second-order valence-corrected chi connectivity index (χ2v) is 6.57. The normalized spacial score (nSPS) is 30.2. The van der Waals surface area contributed by atoms with E-state index in [1.54, 1.807) is 6.92 Å². The molecule has 0 aromatic rings. The predicted molar refractivity (Wildman–Crippen MR) is 79.6 cm³/mol. The number of carbonyl (C=O) groups is 2. The van der Waals surface area contributed by atoms with Crippen LogP contribution in [0.3, 0.4) is 0 Å². The first-order chi connectivity index (χ1) is 9.82. The lowest BCUT2D eigenvalue weighted by molar-refractivity contribution is -0.149. The lowest BCUT2D eigenvalue weighted by Crippen LogP contribution is -2.66. The third-order valence-electron chi connectivity index (χ3n) is 5.03. The fourth-order valence-electron chi connectivity index (χ4n) is 3.41. The summed E-state index contributed by atoms with van der Waals surface area (Å²) < 4.78 is 0. The van der Waals surface area contributed by atoms with E-state index in [0.717, 1.165) is 25.9 Å². The highest BCUT2D eigenvalue weighted by Crippen LogP contribution is 2.27. The molecule has 2 heterocycles. The molecule has 0 radical (unpaired) electrons. The summed E-state index contributed by atoms with van der Waals surface area (Å²) in [6, 6.07) is 0.0237. The van der Waals surface area contributed by atoms with Crippen molar-refractivity contribution in [2.24, 2.45) is 11.8 Å². The van der Waals surface area contributed by atoms with E-state index in [1.807, 2.05) is 18.9 Å². The molecule has 4 atom stereocenters. The lowest BCUT2D eigenvalue weighted by atomic mass is 9.78. The van der Waals surface area contributed by atoms with E-state index in [9.17, 15) is 14.7 Å². The number of hydrogen-bond donors (Lipinski definition) is 2. The number of aliphatic hydroxyl groups excluding tert-OH is 1. The maximum Gasteiger partial charge on any atom is 0.228 e. The van der Waals surface area contributed by atoms with Crippen molar-refractivity contribution in [1.82, 2.24) is 15.1 Å². The molecule has 21 heavy (non-hydrogen) atoms. The summed E-state index contributed by atoms with van der Waals surface area (Å²) in [5.41, 5.74) is 0. The average molecular weight is 297 g/mol. The highest BCUT2D eigenvalue weighted by Gasteiger charge is 2.48. The van der Waals surface area contributed by atoms with Crippen molar-refractivity contribution >= 4 is 11.8 Å². The van der Waals surface area contributed by atoms with Gasteiger partial charge in [-0.15, -0.1) is 0 Å². The number of piperidine rings is 1. The smallest absolute Gasteiger partial charge is 0.228 e. The van der Waals surface area contributed by atoms with Crippen LogP contribution in [0.4, 0.5) is 0 Å². The number of likely N-dealkylation sites (tertiary alicyclic amines) is 1. The quantitative estimate of drug-likeness (QED) is 0.697. The van der Waals surface area contributed by atoms with Crippen molar-refractivity contribution in [2.75, 3.05) is 27.2 Å². The second-order valence-electron chi connectivity index (χ2n) is 6.57.